The molecule has 0 radical (unpaired) electrons. The topological polar surface area (TPSA) is 78.9 Å². The lowest BCUT2D eigenvalue weighted by Gasteiger charge is -2.18. The van der Waals surface area contributed by atoms with Gasteiger partial charge < -0.3 is 14.2 Å². The maximum atomic E-state index is 12.8. The van der Waals surface area contributed by atoms with Gasteiger partial charge in [-0.3, -0.25) is 14.4 Å². The molecule has 0 rings (SSSR count). The maximum absolute atomic E-state index is 12.8. The minimum absolute atomic E-state index is 0.0732. The number of esters is 3. The highest BCUT2D eigenvalue weighted by molar-refractivity contribution is 5.71. The number of hydrogen-bond acceptors (Lipinski definition) is 6. The number of carbonyl (C=O) groups excluding carboxylic acids is 3. The van der Waals surface area contributed by atoms with Crippen LogP contribution in [0, 0.1) is 0 Å². The molecule has 364 valence electrons. The summed E-state index contributed by atoms with van der Waals surface area (Å²) in [4.78, 5) is 38.0. The number of unbranched alkanes of at least 4 members (excludes halogenated alkanes) is 35. The van der Waals surface area contributed by atoms with Gasteiger partial charge in [-0.05, 0) is 70.6 Å². The molecule has 0 aliphatic rings. The molecule has 0 fully saturated rings. The number of allylic oxidation sites excluding steroid dienone is 4. The second kappa shape index (κ2) is 51.5. The summed E-state index contributed by atoms with van der Waals surface area (Å²) in [5, 5.41) is 0. The summed E-state index contributed by atoms with van der Waals surface area (Å²) in [5.41, 5.74) is 0. The molecule has 0 aromatic rings. The Morgan fingerprint density at radius 1 is 0.306 bits per heavy atom. The molecule has 1 unspecified atom stereocenters. The van der Waals surface area contributed by atoms with E-state index in [1.807, 2.05) is 0 Å². The number of ether oxygens (including phenoxy) is 3. The lowest BCUT2D eigenvalue weighted by molar-refractivity contribution is -0.167. The van der Waals surface area contributed by atoms with Crippen molar-refractivity contribution in [1.82, 2.24) is 0 Å². The molecule has 1 atom stereocenters. The Bertz CT molecular complexity index is 1000. The van der Waals surface area contributed by atoms with Crippen LogP contribution in [0.5, 0.6) is 0 Å². The second-order valence-electron chi connectivity index (χ2n) is 18.5. The van der Waals surface area contributed by atoms with E-state index in [-0.39, 0.29) is 31.1 Å². The van der Waals surface area contributed by atoms with Crippen LogP contribution >= 0.6 is 0 Å². The number of carbonyl (C=O) groups is 3. The molecule has 6 nitrogen and oxygen atoms in total. The molecule has 0 amide bonds. The van der Waals surface area contributed by atoms with Crippen molar-refractivity contribution in [2.45, 2.75) is 303 Å². The van der Waals surface area contributed by atoms with Crippen molar-refractivity contribution in [3.63, 3.8) is 0 Å². The molecule has 0 heterocycles. The Kier molecular flexibility index (Phi) is 49.8. The normalized spacial score (nSPS) is 12.1. The maximum Gasteiger partial charge on any atom is 0.306 e. The van der Waals surface area contributed by atoms with Gasteiger partial charge in [-0.25, -0.2) is 0 Å². The smallest absolute Gasteiger partial charge is 0.306 e. The van der Waals surface area contributed by atoms with Crippen molar-refractivity contribution in [2.75, 3.05) is 13.2 Å². The molecule has 62 heavy (non-hydrogen) atoms. The van der Waals surface area contributed by atoms with Gasteiger partial charge in [-0.2, -0.15) is 0 Å². The Morgan fingerprint density at radius 3 is 0.839 bits per heavy atom. The van der Waals surface area contributed by atoms with Crippen LogP contribution in [0.1, 0.15) is 297 Å². The Labute approximate surface area is 385 Å². The van der Waals surface area contributed by atoms with E-state index >= 15 is 0 Å². The van der Waals surface area contributed by atoms with Gasteiger partial charge in [0.05, 0.1) is 0 Å². The van der Waals surface area contributed by atoms with E-state index in [1.165, 1.54) is 186 Å². The SMILES string of the molecule is CCCCC/C=C\CCCCCCCC(=O)OCC(COC(=O)CCCCCCCCCCCCCCCCCCCC)OC(=O)CCCCCCC/C=C\CCCCCCC. The minimum atomic E-state index is -0.774. The molecule has 0 aliphatic heterocycles. The van der Waals surface area contributed by atoms with Crippen LogP contribution in [0.15, 0.2) is 24.3 Å². The predicted octanol–water partition coefficient (Wildman–Crippen LogP) is 17.9. The largest absolute Gasteiger partial charge is 0.462 e. The number of rotatable bonds is 50. The molecule has 0 saturated heterocycles. The van der Waals surface area contributed by atoms with Crippen LogP contribution in [0.25, 0.3) is 0 Å². The zero-order valence-corrected chi connectivity index (χ0v) is 41.7. The average Bonchev–Trinajstić information content (AvgIpc) is 3.27. The summed E-state index contributed by atoms with van der Waals surface area (Å²) < 4.78 is 16.8. The van der Waals surface area contributed by atoms with Gasteiger partial charge in [0.25, 0.3) is 0 Å². The first kappa shape index (κ1) is 59.9. The third-order valence-corrected chi connectivity index (χ3v) is 12.2. The first-order valence-corrected chi connectivity index (χ1v) is 27.3. The van der Waals surface area contributed by atoms with Crippen molar-refractivity contribution in [2.24, 2.45) is 0 Å². The molecule has 6 heteroatoms. The van der Waals surface area contributed by atoms with Crippen molar-refractivity contribution in [3.8, 4) is 0 Å². The zero-order chi connectivity index (χ0) is 45.1. The molecule has 0 N–H and O–H groups in total. The highest BCUT2D eigenvalue weighted by Crippen LogP contribution is 2.16. The van der Waals surface area contributed by atoms with Crippen LogP contribution in [0.3, 0.4) is 0 Å². The van der Waals surface area contributed by atoms with Gasteiger partial charge in [-0.1, -0.05) is 231 Å². The molecule has 0 aromatic carbocycles. The van der Waals surface area contributed by atoms with Gasteiger partial charge >= 0.3 is 17.9 Å². The fraction of sp³-hybridized carbons (Fsp3) is 0.875. The summed E-state index contributed by atoms with van der Waals surface area (Å²) >= 11 is 0. The summed E-state index contributed by atoms with van der Waals surface area (Å²) in [6, 6.07) is 0. The Balaban J connectivity index is 4.31. The van der Waals surface area contributed by atoms with Crippen LogP contribution < -0.4 is 0 Å². The van der Waals surface area contributed by atoms with E-state index in [4.69, 9.17) is 14.2 Å². The Morgan fingerprint density at radius 2 is 0.532 bits per heavy atom. The van der Waals surface area contributed by atoms with E-state index in [1.54, 1.807) is 0 Å². The summed E-state index contributed by atoms with van der Waals surface area (Å²) in [6.07, 6.45) is 58.8. The molecule has 0 aliphatic carbocycles. The zero-order valence-electron chi connectivity index (χ0n) is 41.7. The fourth-order valence-electron chi connectivity index (χ4n) is 8.02. The van der Waals surface area contributed by atoms with Crippen molar-refractivity contribution in [3.05, 3.63) is 24.3 Å². The highest BCUT2D eigenvalue weighted by Gasteiger charge is 2.19. The summed E-state index contributed by atoms with van der Waals surface area (Å²) in [6.45, 7) is 6.63. The summed E-state index contributed by atoms with van der Waals surface area (Å²) in [7, 11) is 0. The lowest BCUT2D eigenvalue weighted by Crippen LogP contribution is -2.30. The molecule has 0 aromatic heterocycles. The van der Waals surface area contributed by atoms with Crippen LogP contribution in [0.4, 0.5) is 0 Å². The molecule has 0 bridgehead atoms. The monoisotopic (exact) mass is 873 g/mol. The van der Waals surface area contributed by atoms with E-state index in [0.29, 0.717) is 19.3 Å². The number of hydrogen-bond donors (Lipinski definition) is 0. The van der Waals surface area contributed by atoms with Crippen molar-refractivity contribution >= 4 is 17.9 Å². The fourth-order valence-corrected chi connectivity index (χ4v) is 8.02. The molecular weight excluding hydrogens is 769 g/mol. The predicted molar refractivity (Wildman–Crippen MR) is 266 cm³/mol. The highest BCUT2D eigenvalue weighted by atomic mass is 16.6. The first-order chi connectivity index (χ1) is 30.5. The second-order valence-corrected chi connectivity index (χ2v) is 18.5. The lowest BCUT2D eigenvalue weighted by atomic mass is 10.0. The van der Waals surface area contributed by atoms with Gasteiger partial charge in [0, 0.05) is 19.3 Å². The van der Waals surface area contributed by atoms with E-state index in [0.717, 1.165) is 70.6 Å². The van der Waals surface area contributed by atoms with E-state index < -0.39 is 6.10 Å². The minimum Gasteiger partial charge on any atom is -0.462 e. The molecule has 0 spiro atoms. The van der Waals surface area contributed by atoms with Gasteiger partial charge in [0.2, 0.25) is 0 Å². The van der Waals surface area contributed by atoms with E-state index in [2.05, 4.69) is 45.1 Å². The van der Waals surface area contributed by atoms with Gasteiger partial charge in [-0.15, -0.1) is 0 Å². The van der Waals surface area contributed by atoms with Crippen LogP contribution in [-0.2, 0) is 28.6 Å². The van der Waals surface area contributed by atoms with Crippen LogP contribution in [-0.4, -0.2) is 37.2 Å². The molecular formula is C56H104O6. The van der Waals surface area contributed by atoms with Gasteiger partial charge in [0.1, 0.15) is 13.2 Å². The quantitative estimate of drug-likeness (QED) is 0.0262. The van der Waals surface area contributed by atoms with Crippen molar-refractivity contribution < 1.29 is 28.6 Å². The van der Waals surface area contributed by atoms with Crippen LogP contribution in [0.2, 0.25) is 0 Å². The first-order valence-electron chi connectivity index (χ1n) is 27.3. The third kappa shape index (κ3) is 48.9. The van der Waals surface area contributed by atoms with E-state index in [9.17, 15) is 14.4 Å². The molecule has 0 saturated carbocycles. The third-order valence-electron chi connectivity index (χ3n) is 12.2. The summed E-state index contributed by atoms with van der Waals surface area (Å²) in [5.74, 6) is -0.876. The van der Waals surface area contributed by atoms with Crippen molar-refractivity contribution in [1.29, 1.82) is 0 Å². The average molecular weight is 873 g/mol. The Hall–Kier alpha value is -2.11. The standard InChI is InChI=1S/C56H104O6/c1-4-7-10-13-16-19-22-25-27-28-29-30-32-34-37-40-43-46-49-55(58)61-52-53(51-60-54(57)48-45-42-39-36-33-24-21-18-15-12-9-6-3)62-56(59)50-47-44-41-38-35-31-26-23-20-17-14-11-8-5-2/h18,21,23,26,53H,4-17,19-20,22,24-25,27-52H2,1-3H3/b21-18-,26-23-. The van der Waals surface area contributed by atoms with Gasteiger partial charge in [0.15, 0.2) is 6.10 Å².